The van der Waals surface area contributed by atoms with Gasteiger partial charge in [-0.05, 0) is 69.5 Å². The second kappa shape index (κ2) is 10.5. The number of imidazole rings is 1. The van der Waals surface area contributed by atoms with E-state index in [1.165, 1.54) is 17.0 Å². The van der Waals surface area contributed by atoms with Gasteiger partial charge in [0, 0.05) is 19.1 Å². The van der Waals surface area contributed by atoms with E-state index in [0.717, 1.165) is 18.3 Å². The average Bonchev–Trinajstić information content (AvgIpc) is 3.25. The van der Waals surface area contributed by atoms with Crippen molar-refractivity contribution in [2.75, 3.05) is 13.1 Å². The first-order valence-corrected chi connectivity index (χ1v) is 11.2. The Morgan fingerprint density at radius 1 is 1.17 bits per heavy atom. The molecule has 1 aromatic heterocycles. The number of ether oxygens (including phenoxy) is 1. The van der Waals surface area contributed by atoms with E-state index in [1.807, 2.05) is 0 Å². The Hall–Kier alpha value is -3.70. The van der Waals surface area contributed by atoms with E-state index < -0.39 is 46.7 Å². The average molecular weight is 510 g/mol. The monoisotopic (exact) mass is 509 g/mol. The van der Waals surface area contributed by atoms with Gasteiger partial charge in [0.05, 0.1) is 11.9 Å². The first-order valence-electron chi connectivity index (χ1n) is 11.2. The number of alkyl halides is 3. The minimum Gasteiger partial charge on any atom is -0.444 e. The van der Waals surface area contributed by atoms with Gasteiger partial charge in [0.25, 0.3) is 5.91 Å². The molecule has 3 rings (SSSR count). The molecule has 12 heteroatoms. The van der Waals surface area contributed by atoms with Gasteiger partial charge in [0.15, 0.2) is 0 Å². The Morgan fingerprint density at radius 3 is 2.33 bits per heavy atom. The fourth-order valence-electron chi connectivity index (χ4n) is 3.58. The van der Waals surface area contributed by atoms with Gasteiger partial charge >= 0.3 is 12.3 Å². The number of H-pyrrole nitrogens is 1. The van der Waals surface area contributed by atoms with Crippen LogP contribution in [0.25, 0.3) is 5.57 Å². The summed E-state index contributed by atoms with van der Waals surface area (Å²) >= 11 is 0. The van der Waals surface area contributed by atoms with Crippen molar-refractivity contribution in [1.82, 2.24) is 20.2 Å². The fourth-order valence-corrected chi connectivity index (χ4v) is 3.58. The molecule has 0 saturated carbocycles. The molecule has 1 aliphatic heterocycles. The van der Waals surface area contributed by atoms with Gasteiger partial charge in [-0.1, -0.05) is 0 Å². The molecule has 0 aliphatic carbocycles. The molecular formula is C24H27F4N5O3. The van der Waals surface area contributed by atoms with E-state index >= 15 is 0 Å². The first-order chi connectivity index (χ1) is 16.7. The van der Waals surface area contributed by atoms with Crippen LogP contribution in [-0.2, 0) is 4.74 Å². The Bertz CT molecular complexity index is 1140. The smallest absolute Gasteiger partial charge is 0.420 e. The second-order valence-corrected chi connectivity index (χ2v) is 9.33. The number of carbonyl (C=O) groups is 2. The lowest BCUT2D eigenvalue weighted by atomic mass is 10.0. The number of alkyl carbamates (subject to hydrolysis) is 1. The van der Waals surface area contributed by atoms with E-state index in [9.17, 15) is 27.2 Å². The summed E-state index contributed by atoms with van der Waals surface area (Å²) in [5.74, 6) is -1.72. The quantitative estimate of drug-likeness (QED) is 0.401. The number of hydrogen-bond donors (Lipinski definition) is 3. The molecule has 3 N–H and O–H groups in total. The van der Waals surface area contributed by atoms with Gasteiger partial charge in [-0.3, -0.25) is 4.79 Å². The SMILES string of the molecule is CC(C)(C)OC(=O)NC1CCN(C(=O)c2cnc(/C(=C\C(=N)c3ccc(F)cc3)C(F)(F)F)[nH]2)CC1. The highest BCUT2D eigenvalue weighted by molar-refractivity contribution is 6.10. The van der Waals surface area contributed by atoms with Crippen LogP contribution in [0.3, 0.4) is 0 Å². The summed E-state index contributed by atoms with van der Waals surface area (Å²) in [5, 5.41) is 10.7. The topological polar surface area (TPSA) is 111 Å². The molecule has 0 spiro atoms. The molecule has 0 radical (unpaired) electrons. The number of aromatic nitrogens is 2. The summed E-state index contributed by atoms with van der Waals surface area (Å²) in [7, 11) is 0. The summed E-state index contributed by atoms with van der Waals surface area (Å²) in [4.78, 5) is 32.4. The summed E-state index contributed by atoms with van der Waals surface area (Å²) in [6.07, 6.45) is -2.92. The zero-order valence-electron chi connectivity index (χ0n) is 20.0. The highest BCUT2D eigenvalue weighted by atomic mass is 19.4. The van der Waals surface area contributed by atoms with Crippen LogP contribution in [0.2, 0.25) is 0 Å². The Morgan fingerprint density at radius 2 is 1.78 bits per heavy atom. The van der Waals surface area contributed by atoms with Crippen molar-refractivity contribution in [2.24, 2.45) is 0 Å². The molecule has 1 saturated heterocycles. The normalized spacial score (nSPS) is 15.5. The second-order valence-electron chi connectivity index (χ2n) is 9.33. The van der Waals surface area contributed by atoms with Crippen LogP contribution >= 0.6 is 0 Å². The third-order valence-corrected chi connectivity index (χ3v) is 5.31. The van der Waals surface area contributed by atoms with Gasteiger partial charge in [0.2, 0.25) is 0 Å². The molecule has 0 unspecified atom stereocenters. The van der Waals surface area contributed by atoms with Crippen LogP contribution in [0.1, 0.15) is 55.5 Å². The van der Waals surface area contributed by atoms with E-state index in [2.05, 4.69) is 15.3 Å². The van der Waals surface area contributed by atoms with Crippen LogP contribution < -0.4 is 5.32 Å². The van der Waals surface area contributed by atoms with E-state index in [-0.39, 0.29) is 30.4 Å². The summed E-state index contributed by atoms with van der Waals surface area (Å²) in [6.45, 7) is 5.81. The summed E-state index contributed by atoms with van der Waals surface area (Å²) < 4.78 is 59.5. The van der Waals surface area contributed by atoms with E-state index in [1.54, 1.807) is 20.8 Å². The molecule has 1 fully saturated rings. The van der Waals surface area contributed by atoms with Crippen molar-refractivity contribution in [2.45, 2.75) is 51.4 Å². The van der Waals surface area contributed by atoms with Crippen molar-refractivity contribution >= 4 is 23.3 Å². The van der Waals surface area contributed by atoms with Crippen molar-refractivity contribution in [1.29, 1.82) is 5.41 Å². The van der Waals surface area contributed by atoms with Gasteiger partial charge in [-0.25, -0.2) is 14.2 Å². The number of aromatic amines is 1. The molecule has 8 nitrogen and oxygen atoms in total. The molecule has 1 aromatic carbocycles. The number of amides is 2. The zero-order chi connectivity index (χ0) is 26.7. The standard InChI is InChI=1S/C24H27F4N5O3/c1-23(2,3)36-22(35)31-16-8-10-33(11-9-16)21(34)19-13-30-20(32-19)17(24(26,27)28)12-18(29)14-4-6-15(25)7-5-14/h4-7,12-13,16,29H,8-11H2,1-3H3,(H,30,32)(H,31,35)/b17-12+,29-18?. The van der Waals surface area contributed by atoms with Crippen molar-refractivity contribution in [3.63, 3.8) is 0 Å². The molecule has 2 amide bonds. The molecular weight excluding hydrogens is 482 g/mol. The van der Waals surface area contributed by atoms with Crippen LogP contribution in [0.15, 0.2) is 36.5 Å². The van der Waals surface area contributed by atoms with Crippen molar-refractivity contribution < 1.29 is 31.9 Å². The van der Waals surface area contributed by atoms with Crippen LogP contribution in [0.5, 0.6) is 0 Å². The molecule has 2 aromatic rings. The maximum Gasteiger partial charge on any atom is 0.420 e. The number of carbonyl (C=O) groups excluding carboxylic acids is 2. The van der Waals surface area contributed by atoms with Crippen LogP contribution in [0, 0.1) is 11.2 Å². The van der Waals surface area contributed by atoms with Crippen molar-refractivity contribution in [3.05, 3.63) is 59.4 Å². The highest BCUT2D eigenvalue weighted by Gasteiger charge is 2.37. The number of likely N-dealkylation sites (tertiary alicyclic amines) is 1. The van der Waals surface area contributed by atoms with Crippen LogP contribution in [-0.4, -0.2) is 63.5 Å². The van der Waals surface area contributed by atoms with Crippen LogP contribution in [0.4, 0.5) is 22.4 Å². The fraction of sp³-hybridized carbons (Fsp3) is 0.417. The molecule has 0 atom stereocenters. The van der Waals surface area contributed by atoms with Gasteiger partial charge < -0.3 is 25.3 Å². The van der Waals surface area contributed by atoms with E-state index in [4.69, 9.17) is 10.1 Å². The van der Waals surface area contributed by atoms with Gasteiger partial charge in [-0.2, -0.15) is 13.2 Å². The molecule has 2 heterocycles. The minimum absolute atomic E-state index is 0.0869. The number of hydrogen-bond acceptors (Lipinski definition) is 5. The number of allylic oxidation sites excluding steroid dienone is 2. The minimum atomic E-state index is -4.86. The maximum absolute atomic E-state index is 13.7. The zero-order valence-corrected chi connectivity index (χ0v) is 20.0. The third kappa shape index (κ3) is 7.15. The van der Waals surface area contributed by atoms with Gasteiger partial charge in [-0.15, -0.1) is 0 Å². The third-order valence-electron chi connectivity index (χ3n) is 5.31. The largest absolute Gasteiger partial charge is 0.444 e. The molecule has 1 aliphatic rings. The number of halogens is 4. The molecule has 36 heavy (non-hydrogen) atoms. The summed E-state index contributed by atoms with van der Waals surface area (Å²) in [5.41, 5.74) is -2.42. The van der Waals surface area contributed by atoms with Gasteiger partial charge in [0.1, 0.15) is 28.5 Å². The Labute approximate surface area is 205 Å². The number of piperidine rings is 1. The number of nitrogens with one attached hydrogen (secondary N) is 3. The summed E-state index contributed by atoms with van der Waals surface area (Å²) in [6, 6.07) is 4.28. The predicted octanol–water partition coefficient (Wildman–Crippen LogP) is 4.69. The Balaban J connectivity index is 1.68. The van der Waals surface area contributed by atoms with E-state index in [0.29, 0.717) is 18.9 Å². The molecule has 194 valence electrons. The Kier molecular flexibility index (Phi) is 7.85. The van der Waals surface area contributed by atoms with Crippen molar-refractivity contribution in [3.8, 4) is 0 Å². The number of benzene rings is 1. The first kappa shape index (κ1) is 26.9. The lowest BCUT2D eigenvalue weighted by Gasteiger charge is -2.32. The lowest BCUT2D eigenvalue weighted by Crippen LogP contribution is -2.47. The number of rotatable bonds is 5. The lowest BCUT2D eigenvalue weighted by molar-refractivity contribution is -0.0693. The predicted molar refractivity (Wildman–Crippen MR) is 124 cm³/mol. The maximum atomic E-state index is 13.7. The highest BCUT2D eigenvalue weighted by Crippen LogP contribution is 2.33. The molecule has 0 bridgehead atoms. The number of nitrogens with zero attached hydrogens (tertiary/aromatic N) is 2.